The van der Waals surface area contributed by atoms with Crippen LogP contribution in [0, 0.1) is 5.92 Å². The zero-order valence-corrected chi connectivity index (χ0v) is 17.9. The van der Waals surface area contributed by atoms with Gasteiger partial charge in [-0.15, -0.1) is 5.16 Å². The van der Waals surface area contributed by atoms with Crippen LogP contribution in [-0.4, -0.2) is 64.7 Å². The average molecular weight is 428 g/mol. The number of ether oxygens (including phenoxy) is 3. The van der Waals surface area contributed by atoms with E-state index >= 15 is 0 Å². The SMILES string of the molecule is C=NOCc1ccc(OCC(=O)NCCOCCOCCC(=O)NCC(C)C)cc1.[HH].[HH]. The highest BCUT2D eigenvalue weighted by Gasteiger charge is 2.04. The van der Waals surface area contributed by atoms with Crippen LogP contribution in [0.3, 0.4) is 0 Å². The second kappa shape index (κ2) is 16.2. The van der Waals surface area contributed by atoms with Gasteiger partial charge >= 0.3 is 0 Å². The molecule has 1 aromatic rings. The molecule has 172 valence electrons. The summed E-state index contributed by atoms with van der Waals surface area (Å²) in [4.78, 5) is 28.1. The van der Waals surface area contributed by atoms with Crippen LogP contribution in [0.5, 0.6) is 5.75 Å². The Bertz CT molecular complexity index is 632. The number of hydrogen-bond acceptors (Lipinski definition) is 7. The van der Waals surface area contributed by atoms with Gasteiger partial charge in [0, 0.05) is 29.1 Å². The second-order valence-corrected chi connectivity index (χ2v) is 6.86. The van der Waals surface area contributed by atoms with E-state index in [0.717, 1.165) is 5.56 Å². The fourth-order valence-electron chi connectivity index (χ4n) is 2.16. The Morgan fingerprint density at radius 2 is 1.73 bits per heavy atom. The van der Waals surface area contributed by atoms with Gasteiger partial charge in [0.2, 0.25) is 5.91 Å². The molecule has 1 rings (SSSR count). The van der Waals surface area contributed by atoms with Crippen molar-refractivity contribution >= 4 is 18.5 Å². The van der Waals surface area contributed by atoms with Gasteiger partial charge in [-0.1, -0.05) is 26.0 Å². The first kappa shape index (κ1) is 25.4. The monoisotopic (exact) mass is 427 g/mol. The normalized spacial score (nSPS) is 10.5. The molecule has 9 nitrogen and oxygen atoms in total. The molecule has 0 aromatic heterocycles. The Balaban J connectivity index is 0. The second-order valence-electron chi connectivity index (χ2n) is 6.86. The van der Waals surface area contributed by atoms with Crippen LogP contribution < -0.4 is 15.4 Å². The van der Waals surface area contributed by atoms with Crippen LogP contribution in [0.2, 0.25) is 0 Å². The van der Waals surface area contributed by atoms with Gasteiger partial charge in [0.05, 0.1) is 26.4 Å². The fourth-order valence-corrected chi connectivity index (χ4v) is 2.16. The molecule has 0 spiro atoms. The van der Waals surface area contributed by atoms with Gasteiger partial charge in [0.15, 0.2) is 6.61 Å². The molecule has 0 saturated heterocycles. The Hall–Kier alpha value is -2.65. The molecule has 2 amide bonds. The summed E-state index contributed by atoms with van der Waals surface area (Å²) in [5.41, 5.74) is 0.926. The number of oxime groups is 1. The van der Waals surface area contributed by atoms with E-state index in [1.165, 1.54) is 0 Å². The molecule has 0 aliphatic carbocycles. The lowest BCUT2D eigenvalue weighted by molar-refractivity contribution is -0.123. The van der Waals surface area contributed by atoms with Crippen molar-refractivity contribution in [3.63, 3.8) is 0 Å². The molecule has 30 heavy (non-hydrogen) atoms. The van der Waals surface area contributed by atoms with E-state index in [0.29, 0.717) is 64.2 Å². The molecule has 0 fully saturated rings. The minimum atomic E-state index is -0.231. The number of carbonyl (C=O) groups is 2. The van der Waals surface area contributed by atoms with Crippen molar-refractivity contribution in [2.75, 3.05) is 46.1 Å². The van der Waals surface area contributed by atoms with Crippen molar-refractivity contribution in [3.8, 4) is 5.75 Å². The van der Waals surface area contributed by atoms with Gasteiger partial charge in [-0.25, -0.2) is 0 Å². The Kier molecular flexibility index (Phi) is 13.7. The molecular weight excluding hydrogens is 390 g/mol. The van der Waals surface area contributed by atoms with Gasteiger partial charge in [-0.3, -0.25) is 9.59 Å². The Labute approximate surface area is 181 Å². The summed E-state index contributed by atoms with van der Waals surface area (Å²) in [6.07, 6.45) is 0.339. The summed E-state index contributed by atoms with van der Waals surface area (Å²) in [5, 5.41) is 8.87. The van der Waals surface area contributed by atoms with Crippen molar-refractivity contribution in [2.24, 2.45) is 11.1 Å². The summed E-state index contributed by atoms with van der Waals surface area (Å²) in [6, 6.07) is 7.16. The zero-order valence-electron chi connectivity index (χ0n) is 17.9. The number of nitrogens with zero attached hydrogens (tertiary/aromatic N) is 1. The fraction of sp³-hybridized carbons (Fsp3) is 0.571. The molecular formula is C21H37N3O6. The maximum Gasteiger partial charge on any atom is 0.258 e. The van der Waals surface area contributed by atoms with E-state index in [1.807, 2.05) is 26.0 Å². The van der Waals surface area contributed by atoms with Gasteiger partial charge < -0.3 is 29.7 Å². The number of benzene rings is 1. The zero-order chi connectivity index (χ0) is 22.0. The minimum absolute atomic E-state index is 0. The summed E-state index contributed by atoms with van der Waals surface area (Å²) in [7, 11) is 0. The van der Waals surface area contributed by atoms with Crippen molar-refractivity contribution in [1.82, 2.24) is 10.6 Å². The summed E-state index contributed by atoms with van der Waals surface area (Å²) in [5.74, 6) is 0.782. The molecule has 0 bridgehead atoms. The highest BCUT2D eigenvalue weighted by molar-refractivity contribution is 5.77. The first-order valence-corrected chi connectivity index (χ1v) is 10.00. The van der Waals surface area contributed by atoms with Crippen molar-refractivity contribution in [3.05, 3.63) is 29.8 Å². The molecule has 0 radical (unpaired) electrons. The third-order valence-corrected chi connectivity index (χ3v) is 3.74. The number of amides is 2. The molecule has 0 atom stereocenters. The quantitative estimate of drug-likeness (QED) is 0.224. The molecule has 0 aliphatic heterocycles. The number of rotatable bonds is 17. The third-order valence-electron chi connectivity index (χ3n) is 3.74. The molecule has 2 N–H and O–H groups in total. The van der Waals surface area contributed by atoms with Gasteiger partial charge in [-0.2, -0.15) is 0 Å². The first-order valence-electron chi connectivity index (χ1n) is 10.00. The molecule has 1 aromatic carbocycles. The lowest BCUT2D eigenvalue weighted by Gasteiger charge is -2.09. The molecule has 0 saturated carbocycles. The molecule has 0 heterocycles. The van der Waals surface area contributed by atoms with Crippen LogP contribution in [0.1, 0.15) is 28.7 Å². The Morgan fingerprint density at radius 3 is 2.40 bits per heavy atom. The largest absolute Gasteiger partial charge is 0.484 e. The summed E-state index contributed by atoms with van der Waals surface area (Å²) < 4.78 is 16.1. The maximum absolute atomic E-state index is 11.8. The summed E-state index contributed by atoms with van der Waals surface area (Å²) in [6.45, 7) is 10.2. The topological polar surface area (TPSA) is 107 Å². The van der Waals surface area contributed by atoms with Crippen molar-refractivity contribution in [2.45, 2.75) is 26.9 Å². The first-order chi connectivity index (χ1) is 14.5. The molecule has 0 aliphatic rings. The van der Waals surface area contributed by atoms with Gasteiger partial charge in [0.1, 0.15) is 12.4 Å². The van der Waals surface area contributed by atoms with Crippen LogP contribution in [0.4, 0.5) is 0 Å². The lowest BCUT2D eigenvalue weighted by atomic mass is 10.2. The number of hydrogen-bond donors (Lipinski definition) is 2. The standard InChI is InChI=1S/C21H33N3O6.2H2/c1-17(2)14-24-20(25)8-10-27-12-13-28-11-9-23-21(26)16-29-19-6-4-18(5-7-19)15-30-22-3;;/h4-7,17H,3,8-16H2,1-2H3,(H,23,26)(H,24,25);2*1H. The lowest BCUT2D eigenvalue weighted by Crippen LogP contribution is -2.32. The predicted molar refractivity (Wildman–Crippen MR) is 118 cm³/mol. The highest BCUT2D eigenvalue weighted by Crippen LogP contribution is 2.12. The number of carbonyl (C=O) groups excluding carboxylic acids is 2. The average Bonchev–Trinajstić information content (AvgIpc) is 2.74. The van der Waals surface area contributed by atoms with E-state index in [-0.39, 0.29) is 21.3 Å². The van der Waals surface area contributed by atoms with Crippen LogP contribution in [0.15, 0.2) is 29.4 Å². The maximum atomic E-state index is 11.8. The highest BCUT2D eigenvalue weighted by atomic mass is 16.6. The molecule has 9 heteroatoms. The van der Waals surface area contributed by atoms with Crippen LogP contribution in [-0.2, 0) is 30.5 Å². The van der Waals surface area contributed by atoms with E-state index in [2.05, 4.69) is 22.5 Å². The van der Waals surface area contributed by atoms with Gasteiger partial charge in [0.25, 0.3) is 5.91 Å². The van der Waals surface area contributed by atoms with E-state index in [4.69, 9.17) is 19.0 Å². The van der Waals surface area contributed by atoms with E-state index in [9.17, 15) is 9.59 Å². The van der Waals surface area contributed by atoms with Gasteiger partial charge in [-0.05, 0) is 23.6 Å². The van der Waals surface area contributed by atoms with E-state index in [1.54, 1.807) is 12.1 Å². The minimum Gasteiger partial charge on any atom is -0.484 e. The predicted octanol–water partition coefficient (Wildman–Crippen LogP) is 2.00. The third kappa shape index (κ3) is 13.5. The molecule has 0 unspecified atom stereocenters. The van der Waals surface area contributed by atoms with E-state index < -0.39 is 0 Å². The number of nitrogens with one attached hydrogen (secondary N) is 2. The Morgan fingerprint density at radius 1 is 1.03 bits per heavy atom. The van der Waals surface area contributed by atoms with Crippen LogP contribution >= 0.6 is 0 Å². The summed E-state index contributed by atoms with van der Waals surface area (Å²) >= 11 is 0. The van der Waals surface area contributed by atoms with Crippen molar-refractivity contribution in [1.29, 1.82) is 0 Å². The van der Waals surface area contributed by atoms with Crippen molar-refractivity contribution < 1.29 is 31.5 Å². The smallest absolute Gasteiger partial charge is 0.258 e. The van der Waals surface area contributed by atoms with Crippen LogP contribution in [0.25, 0.3) is 0 Å².